The van der Waals surface area contributed by atoms with Gasteiger partial charge >= 0.3 is 0 Å². The van der Waals surface area contributed by atoms with E-state index in [1.165, 1.54) is 10.4 Å². The molecule has 0 spiro atoms. The maximum Gasteiger partial charge on any atom is 0.246 e. The van der Waals surface area contributed by atoms with Crippen molar-refractivity contribution in [1.82, 2.24) is 4.31 Å². The molecule has 0 aliphatic heterocycles. The summed E-state index contributed by atoms with van der Waals surface area (Å²) in [7, 11) is -3.90. The van der Waals surface area contributed by atoms with E-state index in [0.717, 1.165) is 18.9 Å². The standard InChI is InChI=1S/C14H22BrFN2O2S/c1-4-6-7-18(10(3)5-2)21(19,20)14-9-13(17)11(15)8-12(14)16/h8-10H,4-7,17H2,1-3H3. The highest BCUT2D eigenvalue weighted by atomic mass is 79.9. The molecule has 4 nitrogen and oxygen atoms in total. The monoisotopic (exact) mass is 380 g/mol. The Hall–Kier alpha value is -0.660. The molecule has 0 amide bonds. The fourth-order valence-electron chi connectivity index (χ4n) is 1.96. The van der Waals surface area contributed by atoms with Gasteiger partial charge < -0.3 is 5.73 Å². The second-order valence-corrected chi connectivity index (χ2v) is 7.74. The van der Waals surface area contributed by atoms with Crippen molar-refractivity contribution in [2.45, 2.75) is 51.0 Å². The number of unbranched alkanes of at least 4 members (excludes halogenated alkanes) is 1. The molecule has 7 heteroatoms. The number of rotatable bonds is 7. The summed E-state index contributed by atoms with van der Waals surface area (Å²) in [5, 5.41) is 0. The van der Waals surface area contributed by atoms with Gasteiger partial charge in [-0.15, -0.1) is 0 Å². The predicted octanol–water partition coefficient (Wildman–Crippen LogP) is 3.76. The fraction of sp³-hybridized carbons (Fsp3) is 0.571. The first-order valence-electron chi connectivity index (χ1n) is 7.02. The maximum absolute atomic E-state index is 14.1. The summed E-state index contributed by atoms with van der Waals surface area (Å²) < 4.78 is 41.3. The predicted molar refractivity (Wildman–Crippen MR) is 87.1 cm³/mol. The van der Waals surface area contributed by atoms with Crippen LogP contribution in [0.1, 0.15) is 40.0 Å². The molecule has 1 aromatic carbocycles. The third-order valence-corrected chi connectivity index (χ3v) is 6.17. The molecule has 0 aliphatic rings. The van der Waals surface area contributed by atoms with Crippen molar-refractivity contribution in [2.24, 2.45) is 0 Å². The molecule has 0 fully saturated rings. The summed E-state index contributed by atoms with van der Waals surface area (Å²) in [6.07, 6.45) is 2.27. The minimum absolute atomic E-state index is 0.189. The van der Waals surface area contributed by atoms with Gasteiger partial charge in [-0.05, 0) is 47.8 Å². The largest absolute Gasteiger partial charge is 0.398 e. The van der Waals surface area contributed by atoms with E-state index in [2.05, 4.69) is 15.9 Å². The summed E-state index contributed by atoms with van der Waals surface area (Å²) in [4.78, 5) is -0.361. The van der Waals surface area contributed by atoms with Gasteiger partial charge in [0.1, 0.15) is 10.7 Å². The molecule has 1 rings (SSSR count). The highest BCUT2D eigenvalue weighted by Crippen LogP contribution is 2.29. The summed E-state index contributed by atoms with van der Waals surface area (Å²) in [5.74, 6) is -0.791. The third kappa shape index (κ3) is 4.17. The molecule has 1 atom stereocenters. The normalized spacial score (nSPS) is 13.6. The van der Waals surface area contributed by atoms with Crippen LogP contribution in [0.25, 0.3) is 0 Å². The smallest absolute Gasteiger partial charge is 0.246 e. The van der Waals surface area contributed by atoms with Crippen molar-refractivity contribution in [2.75, 3.05) is 12.3 Å². The minimum atomic E-state index is -3.90. The van der Waals surface area contributed by atoms with Crippen LogP contribution in [0.4, 0.5) is 10.1 Å². The lowest BCUT2D eigenvalue weighted by Crippen LogP contribution is -2.39. The number of anilines is 1. The molecule has 21 heavy (non-hydrogen) atoms. The summed E-state index contributed by atoms with van der Waals surface area (Å²) in [6, 6.07) is 2.08. The van der Waals surface area contributed by atoms with E-state index in [-0.39, 0.29) is 16.6 Å². The van der Waals surface area contributed by atoms with E-state index in [9.17, 15) is 12.8 Å². The minimum Gasteiger partial charge on any atom is -0.398 e. The Morgan fingerprint density at radius 2 is 2.00 bits per heavy atom. The Labute approximate surface area is 134 Å². The molecule has 0 aromatic heterocycles. The lowest BCUT2D eigenvalue weighted by molar-refractivity contribution is 0.322. The first-order chi connectivity index (χ1) is 9.75. The molecule has 0 heterocycles. The molecule has 2 N–H and O–H groups in total. The van der Waals surface area contributed by atoms with Crippen molar-refractivity contribution in [1.29, 1.82) is 0 Å². The van der Waals surface area contributed by atoms with Crippen LogP contribution >= 0.6 is 15.9 Å². The van der Waals surface area contributed by atoms with Crippen LogP contribution in [0.15, 0.2) is 21.5 Å². The van der Waals surface area contributed by atoms with Crippen LogP contribution in [0, 0.1) is 5.82 Å². The number of halogens is 2. The molecule has 0 aliphatic carbocycles. The lowest BCUT2D eigenvalue weighted by Gasteiger charge is -2.28. The molecule has 1 unspecified atom stereocenters. The molecule has 120 valence electrons. The zero-order chi connectivity index (χ0) is 16.2. The average molecular weight is 381 g/mol. The van der Waals surface area contributed by atoms with Crippen LogP contribution in [-0.2, 0) is 10.0 Å². The van der Waals surface area contributed by atoms with Crippen molar-refractivity contribution < 1.29 is 12.8 Å². The Balaban J connectivity index is 3.31. The van der Waals surface area contributed by atoms with Crippen molar-refractivity contribution in [3.63, 3.8) is 0 Å². The van der Waals surface area contributed by atoms with E-state index in [1.807, 2.05) is 20.8 Å². The van der Waals surface area contributed by atoms with Gasteiger partial charge in [-0.2, -0.15) is 4.31 Å². The highest BCUT2D eigenvalue weighted by Gasteiger charge is 2.30. The zero-order valence-electron chi connectivity index (χ0n) is 12.6. The SMILES string of the molecule is CCCCN(C(C)CC)S(=O)(=O)c1cc(N)c(Br)cc1F. The summed E-state index contributed by atoms with van der Waals surface area (Å²) in [6.45, 7) is 6.10. The van der Waals surface area contributed by atoms with E-state index < -0.39 is 15.8 Å². The Kier molecular flexibility index (Phi) is 6.62. The molecule has 1 aromatic rings. The van der Waals surface area contributed by atoms with Gasteiger partial charge in [0.15, 0.2) is 0 Å². The molecule has 0 saturated heterocycles. The molecular formula is C14H22BrFN2O2S. The summed E-state index contributed by atoms with van der Waals surface area (Å²) >= 11 is 3.10. The molecule has 0 bridgehead atoms. The van der Waals surface area contributed by atoms with Crippen LogP contribution in [0.2, 0.25) is 0 Å². The lowest BCUT2D eigenvalue weighted by atomic mass is 10.2. The number of nitrogens with two attached hydrogens (primary N) is 1. The van der Waals surface area contributed by atoms with Crippen LogP contribution < -0.4 is 5.73 Å². The number of nitrogens with zero attached hydrogens (tertiary/aromatic N) is 1. The topological polar surface area (TPSA) is 63.4 Å². The molecular weight excluding hydrogens is 359 g/mol. The number of sulfonamides is 1. The van der Waals surface area contributed by atoms with Gasteiger partial charge in [0.05, 0.1) is 0 Å². The third-order valence-electron chi connectivity index (χ3n) is 3.45. The van der Waals surface area contributed by atoms with Gasteiger partial charge in [0.2, 0.25) is 10.0 Å². The molecule has 0 radical (unpaired) electrons. The van der Waals surface area contributed by atoms with E-state index >= 15 is 0 Å². The number of nitrogen functional groups attached to an aromatic ring is 1. The quantitative estimate of drug-likeness (QED) is 0.732. The average Bonchev–Trinajstić information content (AvgIpc) is 2.42. The van der Waals surface area contributed by atoms with E-state index in [0.29, 0.717) is 17.4 Å². The first-order valence-corrected chi connectivity index (χ1v) is 9.25. The zero-order valence-corrected chi connectivity index (χ0v) is 15.0. The summed E-state index contributed by atoms with van der Waals surface area (Å²) in [5.41, 5.74) is 5.90. The van der Waals surface area contributed by atoms with Gasteiger partial charge in [-0.3, -0.25) is 0 Å². The van der Waals surface area contributed by atoms with E-state index in [1.54, 1.807) is 0 Å². The van der Waals surface area contributed by atoms with Crippen LogP contribution in [0.5, 0.6) is 0 Å². The second-order valence-electron chi connectivity index (χ2n) is 5.03. The highest BCUT2D eigenvalue weighted by molar-refractivity contribution is 9.10. The van der Waals surface area contributed by atoms with Crippen molar-refractivity contribution in [3.8, 4) is 0 Å². The Morgan fingerprint density at radius 3 is 2.52 bits per heavy atom. The fourth-order valence-corrected chi connectivity index (χ4v) is 4.11. The van der Waals surface area contributed by atoms with Crippen LogP contribution in [0.3, 0.4) is 0 Å². The van der Waals surface area contributed by atoms with E-state index in [4.69, 9.17) is 5.73 Å². The Morgan fingerprint density at radius 1 is 1.38 bits per heavy atom. The van der Waals surface area contributed by atoms with Gasteiger partial charge in [0.25, 0.3) is 0 Å². The van der Waals surface area contributed by atoms with Crippen molar-refractivity contribution in [3.05, 3.63) is 22.4 Å². The number of hydrogen-bond donors (Lipinski definition) is 1. The van der Waals surface area contributed by atoms with Gasteiger partial charge in [-0.1, -0.05) is 20.3 Å². The Bertz CT molecular complexity index is 593. The number of hydrogen-bond acceptors (Lipinski definition) is 3. The first kappa shape index (κ1) is 18.4. The maximum atomic E-state index is 14.1. The molecule has 0 saturated carbocycles. The number of benzene rings is 1. The van der Waals surface area contributed by atoms with Crippen LogP contribution in [-0.4, -0.2) is 25.3 Å². The second kappa shape index (κ2) is 7.56. The van der Waals surface area contributed by atoms with Gasteiger partial charge in [0, 0.05) is 22.7 Å². The van der Waals surface area contributed by atoms with Crippen molar-refractivity contribution >= 4 is 31.6 Å². The van der Waals surface area contributed by atoms with Gasteiger partial charge in [-0.25, -0.2) is 12.8 Å².